The van der Waals surface area contributed by atoms with Gasteiger partial charge in [0.25, 0.3) is 0 Å². The van der Waals surface area contributed by atoms with Crippen LogP contribution in [0.1, 0.15) is 19.5 Å². The molecule has 0 saturated heterocycles. The Labute approximate surface area is 137 Å². The van der Waals surface area contributed by atoms with Crippen LogP contribution in [-0.2, 0) is 19.8 Å². The molecule has 6 heteroatoms. The SMILES string of the molecule is CCOP(=O)(Cc1ccc(-c2ccccc2OC)cn1)OCC. The lowest BCUT2D eigenvalue weighted by molar-refractivity contribution is 0.219. The molecule has 1 aromatic carbocycles. The first kappa shape index (κ1) is 17.7. The Balaban J connectivity index is 2.20. The molecular weight excluding hydrogens is 313 g/mol. The number of para-hydroxylation sites is 1. The van der Waals surface area contributed by atoms with Crippen LogP contribution in [0.4, 0.5) is 0 Å². The largest absolute Gasteiger partial charge is 0.496 e. The molecule has 0 amide bonds. The molecule has 0 aliphatic rings. The molecule has 0 saturated carbocycles. The maximum absolute atomic E-state index is 12.5. The summed E-state index contributed by atoms with van der Waals surface area (Å²) in [5, 5.41) is 0. The van der Waals surface area contributed by atoms with Gasteiger partial charge in [0, 0.05) is 17.3 Å². The van der Waals surface area contributed by atoms with Crippen molar-refractivity contribution in [3.8, 4) is 16.9 Å². The highest BCUT2D eigenvalue weighted by atomic mass is 31.2. The summed E-state index contributed by atoms with van der Waals surface area (Å²) in [6, 6.07) is 11.5. The summed E-state index contributed by atoms with van der Waals surface area (Å²) < 4.78 is 28.5. The Bertz CT molecular complexity index is 663. The first-order chi connectivity index (χ1) is 11.1. The van der Waals surface area contributed by atoms with Crippen LogP contribution >= 0.6 is 7.60 Å². The van der Waals surface area contributed by atoms with Crippen molar-refractivity contribution in [2.75, 3.05) is 20.3 Å². The van der Waals surface area contributed by atoms with Gasteiger partial charge in [0.2, 0.25) is 0 Å². The number of aromatic nitrogens is 1. The van der Waals surface area contributed by atoms with E-state index < -0.39 is 7.60 Å². The maximum atomic E-state index is 12.5. The van der Waals surface area contributed by atoms with Gasteiger partial charge in [0.1, 0.15) is 5.75 Å². The minimum Gasteiger partial charge on any atom is -0.496 e. The monoisotopic (exact) mass is 335 g/mol. The Kier molecular flexibility index (Phi) is 6.34. The number of rotatable bonds is 8. The third-order valence-corrected chi connectivity index (χ3v) is 5.26. The summed E-state index contributed by atoms with van der Waals surface area (Å²) in [7, 11) is -1.49. The minimum absolute atomic E-state index is 0.168. The number of hydrogen-bond acceptors (Lipinski definition) is 5. The van der Waals surface area contributed by atoms with Crippen molar-refractivity contribution < 1.29 is 18.3 Å². The van der Waals surface area contributed by atoms with E-state index in [1.807, 2.05) is 36.4 Å². The first-order valence-electron chi connectivity index (χ1n) is 7.58. The zero-order chi connectivity index (χ0) is 16.7. The highest BCUT2D eigenvalue weighted by Gasteiger charge is 2.24. The van der Waals surface area contributed by atoms with Gasteiger partial charge < -0.3 is 13.8 Å². The van der Waals surface area contributed by atoms with E-state index in [9.17, 15) is 4.57 Å². The van der Waals surface area contributed by atoms with E-state index in [0.717, 1.165) is 16.9 Å². The topological polar surface area (TPSA) is 57.7 Å². The smallest absolute Gasteiger partial charge is 0.336 e. The second-order valence-electron chi connectivity index (χ2n) is 4.84. The quantitative estimate of drug-likeness (QED) is 0.664. The normalized spacial score (nSPS) is 11.4. The molecule has 2 aromatic rings. The molecule has 0 spiro atoms. The summed E-state index contributed by atoms with van der Waals surface area (Å²) in [6.45, 7) is 4.28. The number of benzene rings is 1. The van der Waals surface area contributed by atoms with E-state index in [-0.39, 0.29) is 6.16 Å². The van der Waals surface area contributed by atoms with Gasteiger partial charge in [-0.3, -0.25) is 9.55 Å². The molecule has 0 atom stereocenters. The van der Waals surface area contributed by atoms with Crippen molar-refractivity contribution in [3.05, 3.63) is 48.3 Å². The van der Waals surface area contributed by atoms with E-state index >= 15 is 0 Å². The highest BCUT2D eigenvalue weighted by molar-refractivity contribution is 7.53. The van der Waals surface area contributed by atoms with Gasteiger partial charge >= 0.3 is 7.60 Å². The van der Waals surface area contributed by atoms with Gasteiger partial charge in [-0.1, -0.05) is 24.3 Å². The highest BCUT2D eigenvalue weighted by Crippen LogP contribution is 2.51. The van der Waals surface area contributed by atoms with E-state index in [4.69, 9.17) is 13.8 Å². The average molecular weight is 335 g/mol. The predicted molar refractivity (Wildman–Crippen MR) is 90.8 cm³/mol. The molecule has 2 rings (SSSR count). The lowest BCUT2D eigenvalue weighted by Gasteiger charge is -2.16. The Hall–Kier alpha value is -1.68. The lowest BCUT2D eigenvalue weighted by atomic mass is 10.1. The number of nitrogens with zero attached hydrogens (tertiary/aromatic N) is 1. The Morgan fingerprint density at radius 3 is 2.30 bits per heavy atom. The molecular formula is C17H22NO4P. The van der Waals surface area contributed by atoms with Gasteiger partial charge in [-0.2, -0.15) is 0 Å². The molecule has 0 aliphatic carbocycles. The summed E-state index contributed by atoms with van der Waals surface area (Å²) in [5.41, 5.74) is 2.58. The molecule has 0 radical (unpaired) electrons. The molecule has 0 unspecified atom stereocenters. The fraction of sp³-hybridized carbons (Fsp3) is 0.353. The number of hydrogen-bond donors (Lipinski definition) is 0. The predicted octanol–water partition coefficient (Wildman–Crippen LogP) is 4.52. The van der Waals surface area contributed by atoms with Gasteiger partial charge in [0.15, 0.2) is 0 Å². The third-order valence-electron chi connectivity index (χ3n) is 3.25. The average Bonchev–Trinajstić information content (AvgIpc) is 2.56. The standard InChI is InChI=1S/C17H22NO4P/c1-4-21-23(19,22-5-2)13-15-11-10-14(12-18-15)16-8-6-7-9-17(16)20-3/h6-12H,4-5,13H2,1-3H3. The fourth-order valence-electron chi connectivity index (χ4n) is 2.28. The zero-order valence-corrected chi connectivity index (χ0v) is 14.6. The minimum atomic E-state index is -3.13. The van der Waals surface area contributed by atoms with Crippen molar-refractivity contribution in [1.82, 2.24) is 4.98 Å². The molecule has 1 aromatic heterocycles. The van der Waals surface area contributed by atoms with Crippen LogP contribution in [0, 0.1) is 0 Å². The van der Waals surface area contributed by atoms with Crippen molar-refractivity contribution in [2.45, 2.75) is 20.0 Å². The second-order valence-corrected chi connectivity index (χ2v) is 6.90. The Morgan fingerprint density at radius 1 is 1.04 bits per heavy atom. The van der Waals surface area contributed by atoms with Crippen molar-refractivity contribution >= 4 is 7.60 Å². The van der Waals surface area contributed by atoms with Crippen LogP contribution < -0.4 is 4.74 Å². The first-order valence-corrected chi connectivity index (χ1v) is 9.31. The molecule has 0 fully saturated rings. The van der Waals surface area contributed by atoms with Crippen LogP contribution in [-0.4, -0.2) is 25.3 Å². The van der Waals surface area contributed by atoms with Crippen LogP contribution in [0.25, 0.3) is 11.1 Å². The number of pyridine rings is 1. The summed E-state index contributed by atoms with van der Waals surface area (Å²) in [4.78, 5) is 4.39. The number of methoxy groups -OCH3 is 1. The summed E-state index contributed by atoms with van der Waals surface area (Å²) in [5.74, 6) is 0.788. The van der Waals surface area contributed by atoms with E-state index in [1.54, 1.807) is 27.2 Å². The summed E-state index contributed by atoms with van der Waals surface area (Å²) >= 11 is 0. The molecule has 1 heterocycles. The summed E-state index contributed by atoms with van der Waals surface area (Å²) in [6.07, 6.45) is 1.91. The van der Waals surface area contributed by atoms with Gasteiger partial charge in [-0.05, 0) is 26.0 Å². The van der Waals surface area contributed by atoms with E-state index in [0.29, 0.717) is 18.9 Å². The molecule has 23 heavy (non-hydrogen) atoms. The van der Waals surface area contributed by atoms with Crippen molar-refractivity contribution in [3.63, 3.8) is 0 Å². The van der Waals surface area contributed by atoms with Gasteiger partial charge in [-0.15, -0.1) is 0 Å². The van der Waals surface area contributed by atoms with Crippen molar-refractivity contribution in [2.24, 2.45) is 0 Å². The van der Waals surface area contributed by atoms with Crippen LogP contribution in [0.2, 0.25) is 0 Å². The molecule has 5 nitrogen and oxygen atoms in total. The fourth-order valence-corrected chi connectivity index (χ4v) is 3.91. The van der Waals surface area contributed by atoms with E-state index in [2.05, 4.69) is 4.98 Å². The van der Waals surface area contributed by atoms with E-state index in [1.165, 1.54) is 0 Å². The molecule has 124 valence electrons. The second kappa shape index (κ2) is 8.25. The van der Waals surface area contributed by atoms with Crippen LogP contribution in [0.15, 0.2) is 42.6 Å². The molecule has 0 bridgehead atoms. The van der Waals surface area contributed by atoms with Crippen LogP contribution in [0.5, 0.6) is 5.75 Å². The molecule has 0 aliphatic heterocycles. The zero-order valence-electron chi connectivity index (χ0n) is 13.7. The van der Waals surface area contributed by atoms with Gasteiger partial charge in [-0.25, -0.2) is 0 Å². The lowest BCUT2D eigenvalue weighted by Crippen LogP contribution is -2.00. The van der Waals surface area contributed by atoms with Crippen LogP contribution in [0.3, 0.4) is 0 Å². The maximum Gasteiger partial charge on any atom is 0.336 e. The van der Waals surface area contributed by atoms with Crippen molar-refractivity contribution in [1.29, 1.82) is 0 Å². The Morgan fingerprint density at radius 2 is 1.74 bits per heavy atom. The molecule has 0 N–H and O–H groups in total. The third kappa shape index (κ3) is 4.64. The van der Waals surface area contributed by atoms with Gasteiger partial charge in [0.05, 0.1) is 32.2 Å². The number of ether oxygens (including phenoxy) is 1.